The van der Waals surface area contributed by atoms with Gasteiger partial charge in [0.1, 0.15) is 6.17 Å². The largest absolute Gasteiger partial charge is 0.465 e. The molecule has 0 saturated carbocycles. The van der Waals surface area contributed by atoms with Crippen LogP contribution in [0.4, 0.5) is 14.9 Å². The first-order valence-electron chi connectivity index (χ1n) is 8.80. The maximum Gasteiger partial charge on any atom is 0.407 e. The number of piperidine rings is 2. The summed E-state index contributed by atoms with van der Waals surface area (Å²) >= 11 is 6.41. The molecule has 2 heterocycles. The lowest BCUT2D eigenvalue weighted by Crippen LogP contribution is -2.40. The zero-order valence-corrected chi connectivity index (χ0v) is 14.9. The first kappa shape index (κ1) is 18.3. The molecule has 1 aromatic carbocycles. The summed E-state index contributed by atoms with van der Waals surface area (Å²) in [6.45, 7) is 2.89. The second-order valence-electron chi connectivity index (χ2n) is 6.73. The zero-order chi connectivity index (χ0) is 17.8. The van der Waals surface area contributed by atoms with Crippen LogP contribution in [0.25, 0.3) is 0 Å². The Kier molecular flexibility index (Phi) is 6.02. The fourth-order valence-corrected chi connectivity index (χ4v) is 3.74. The van der Waals surface area contributed by atoms with Gasteiger partial charge in [-0.25, -0.2) is 9.18 Å². The quantitative estimate of drug-likeness (QED) is 0.872. The van der Waals surface area contributed by atoms with Crippen LogP contribution in [0.5, 0.6) is 0 Å². The van der Waals surface area contributed by atoms with Gasteiger partial charge >= 0.3 is 6.09 Å². The van der Waals surface area contributed by atoms with Crippen LogP contribution in [0.2, 0.25) is 5.02 Å². The number of carboxylic acid groups (broad SMARTS) is 1. The average Bonchev–Trinajstić information content (AvgIpc) is 2.61. The van der Waals surface area contributed by atoms with E-state index in [1.807, 2.05) is 18.2 Å². The van der Waals surface area contributed by atoms with E-state index >= 15 is 0 Å². The molecule has 1 N–H and O–H groups in total. The van der Waals surface area contributed by atoms with Crippen molar-refractivity contribution in [3.63, 3.8) is 0 Å². The molecule has 1 aromatic rings. The van der Waals surface area contributed by atoms with E-state index in [1.165, 1.54) is 4.90 Å². The summed E-state index contributed by atoms with van der Waals surface area (Å²) in [7, 11) is 0. The topological polar surface area (TPSA) is 53.0 Å². The molecular weight excluding hydrogens is 347 g/mol. The molecule has 2 aliphatic rings. The van der Waals surface area contributed by atoms with Crippen molar-refractivity contribution in [3.05, 3.63) is 28.8 Å². The van der Waals surface area contributed by atoms with E-state index in [1.54, 1.807) is 0 Å². The molecule has 0 unspecified atom stereocenters. The molecule has 0 aliphatic carbocycles. The number of nitrogens with zero attached hydrogens (tertiary/aromatic N) is 2. The molecule has 7 heteroatoms. The Hall–Kier alpha value is -1.53. The standard InChI is InChI=1S/C18H24ClFN2O3/c19-16-11-13(1-2-17(16)21-7-3-14(20)4-8-21)12-25-15-5-9-22(10-6-15)18(23)24/h1-2,11,14-15H,3-10,12H2,(H,23,24). The molecule has 25 heavy (non-hydrogen) atoms. The third-order valence-corrected chi connectivity index (χ3v) is 5.28. The minimum atomic E-state index is -0.863. The summed E-state index contributed by atoms with van der Waals surface area (Å²) in [5.41, 5.74) is 1.95. The molecule has 1 amide bonds. The van der Waals surface area contributed by atoms with Crippen molar-refractivity contribution < 1.29 is 19.0 Å². The van der Waals surface area contributed by atoms with E-state index in [0.29, 0.717) is 50.7 Å². The summed E-state index contributed by atoms with van der Waals surface area (Å²) < 4.78 is 19.2. The Morgan fingerprint density at radius 3 is 2.48 bits per heavy atom. The first-order chi connectivity index (χ1) is 12.0. The van der Waals surface area contributed by atoms with Crippen LogP contribution >= 0.6 is 11.6 Å². The Bertz CT molecular complexity index is 600. The minimum Gasteiger partial charge on any atom is -0.465 e. The first-order valence-corrected chi connectivity index (χ1v) is 9.17. The van der Waals surface area contributed by atoms with Gasteiger partial charge in [0, 0.05) is 26.2 Å². The summed E-state index contributed by atoms with van der Waals surface area (Å²) in [4.78, 5) is 14.5. The van der Waals surface area contributed by atoms with Crippen LogP contribution in [-0.4, -0.2) is 54.6 Å². The number of halogens is 2. The molecule has 0 radical (unpaired) electrons. The van der Waals surface area contributed by atoms with Crippen LogP contribution in [0.1, 0.15) is 31.2 Å². The van der Waals surface area contributed by atoms with Crippen molar-refractivity contribution in [2.24, 2.45) is 0 Å². The molecule has 0 bridgehead atoms. The lowest BCUT2D eigenvalue weighted by molar-refractivity contribution is 0.000374. The lowest BCUT2D eigenvalue weighted by atomic mass is 10.1. The number of rotatable bonds is 4. The second kappa shape index (κ2) is 8.23. The predicted molar refractivity (Wildman–Crippen MR) is 95.2 cm³/mol. The molecule has 0 spiro atoms. The van der Waals surface area contributed by atoms with Gasteiger partial charge in [-0.05, 0) is 43.4 Å². The van der Waals surface area contributed by atoms with Gasteiger partial charge in [0.15, 0.2) is 0 Å². The van der Waals surface area contributed by atoms with E-state index in [9.17, 15) is 9.18 Å². The van der Waals surface area contributed by atoms with Gasteiger partial charge < -0.3 is 19.6 Å². The van der Waals surface area contributed by atoms with Crippen molar-refractivity contribution in [1.82, 2.24) is 4.90 Å². The molecule has 138 valence electrons. The van der Waals surface area contributed by atoms with Gasteiger partial charge in [0.2, 0.25) is 0 Å². The van der Waals surface area contributed by atoms with Crippen LogP contribution in [-0.2, 0) is 11.3 Å². The fourth-order valence-electron chi connectivity index (χ4n) is 3.41. The number of amides is 1. The third kappa shape index (κ3) is 4.76. The molecule has 0 atom stereocenters. The highest BCUT2D eigenvalue weighted by Gasteiger charge is 2.23. The smallest absolute Gasteiger partial charge is 0.407 e. The Labute approximate surface area is 152 Å². The number of hydrogen-bond acceptors (Lipinski definition) is 3. The molecule has 0 aromatic heterocycles. The molecule has 5 nitrogen and oxygen atoms in total. The van der Waals surface area contributed by atoms with Crippen LogP contribution < -0.4 is 4.90 Å². The van der Waals surface area contributed by atoms with Crippen molar-refractivity contribution in [3.8, 4) is 0 Å². The average molecular weight is 371 g/mol. The normalized spacial score (nSPS) is 20.1. The maximum absolute atomic E-state index is 13.3. The Morgan fingerprint density at radius 1 is 1.20 bits per heavy atom. The number of ether oxygens (including phenoxy) is 1. The van der Waals surface area contributed by atoms with E-state index in [0.717, 1.165) is 24.1 Å². The maximum atomic E-state index is 13.3. The minimum absolute atomic E-state index is 0.0811. The predicted octanol–water partition coefficient (Wildman–Crippen LogP) is 3.94. The Balaban J connectivity index is 1.51. The zero-order valence-electron chi connectivity index (χ0n) is 14.2. The number of carbonyl (C=O) groups is 1. The highest BCUT2D eigenvalue weighted by Crippen LogP contribution is 2.30. The number of benzene rings is 1. The van der Waals surface area contributed by atoms with Gasteiger partial charge in [0.25, 0.3) is 0 Å². The van der Waals surface area contributed by atoms with Crippen LogP contribution in [0.15, 0.2) is 18.2 Å². The molecule has 2 fully saturated rings. The fraction of sp³-hybridized carbons (Fsp3) is 0.611. The van der Waals surface area contributed by atoms with Gasteiger partial charge in [0.05, 0.1) is 23.4 Å². The highest BCUT2D eigenvalue weighted by atomic mass is 35.5. The van der Waals surface area contributed by atoms with E-state index in [2.05, 4.69) is 4.90 Å². The van der Waals surface area contributed by atoms with Gasteiger partial charge in [-0.2, -0.15) is 0 Å². The van der Waals surface area contributed by atoms with Crippen LogP contribution in [0, 0.1) is 0 Å². The van der Waals surface area contributed by atoms with Crippen LogP contribution in [0.3, 0.4) is 0 Å². The molecular formula is C18H24ClFN2O3. The number of alkyl halides is 1. The summed E-state index contributed by atoms with van der Waals surface area (Å²) in [6, 6.07) is 5.88. The van der Waals surface area contributed by atoms with Crippen molar-refractivity contribution in [1.29, 1.82) is 0 Å². The van der Waals surface area contributed by atoms with E-state index in [-0.39, 0.29) is 6.10 Å². The van der Waals surface area contributed by atoms with Crippen molar-refractivity contribution in [2.45, 2.75) is 44.6 Å². The SMILES string of the molecule is O=C(O)N1CCC(OCc2ccc(N3CCC(F)CC3)c(Cl)c2)CC1. The second-order valence-corrected chi connectivity index (χ2v) is 7.13. The van der Waals surface area contributed by atoms with Gasteiger partial charge in [-0.15, -0.1) is 0 Å². The summed E-state index contributed by atoms with van der Waals surface area (Å²) in [5, 5.41) is 9.62. The summed E-state index contributed by atoms with van der Waals surface area (Å²) in [6.07, 6.45) is 1.06. The van der Waals surface area contributed by atoms with Crippen molar-refractivity contribution in [2.75, 3.05) is 31.1 Å². The molecule has 2 aliphatic heterocycles. The van der Waals surface area contributed by atoms with E-state index in [4.69, 9.17) is 21.4 Å². The van der Waals surface area contributed by atoms with Gasteiger partial charge in [-0.1, -0.05) is 17.7 Å². The molecule has 2 saturated heterocycles. The highest BCUT2D eigenvalue weighted by molar-refractivity contribution is 6.33. The monoisotopic (exact) mass is 370 g/mol. The molecule has 3 rings (SSSR count). The van der Waals surface area contributed by atoms with Crippen molar-refractivity contribution >= 4 is 23.4 Å². The van der Waals surface area contributed by atoms with E-state index < -0.39 is 12.3 Å². The van der Waals surface area contributed by atoms with Gasteiger partial charge in [-0.3, -0.25) is 0 Å². The lowest BCUT2D eigenvalue weighted by Gasteiger charge is -2.31. The number of hydrogen-bond donors (Lipinski definition) is 1. The number of anilines is 1. The number of likely N-dealkylation sites (tertiary alicyclic amines) is 1. The Morgan fingerprint density at radius 2 is 1.88 bits per heavy atom. The third-order valence-electron chi connectivity index (χ3n) is 4.98. The summed E-state index contributed by atoms with van der Waals surface area (Å²) in [5.74, 6) is 0.